The highest BCUT2D eigenvalue weighted by Gasteiger charge is 2.79. The summed E-state index contributed by atoms with van der Waals surface area (Å²) in [5, 5.41) is 32.1. The van der Waals surface area contributed by atoms with Crippen LogP contribution >= 0.6 is 0 Å². The van der Waals surface area contributed by atoms with Crippen molar-refractivity contribution in [3.63, 3.8) is 0 Å². The van der Waals surface area contributed by atoms with Crippen molar-refractivity contribution in [2.75, 3.05) is 6.61 Å². The molecule has 0 aromatic rings. The van der Waals surface area contributed by atoms with Gasteiger partial charge < -0.3 is 20.1 Å². The average Bonchev–Trinajstić information content (AvgIpc) is 3.40. The first kappa shape index (κ1) is 16.8. The van der Waals surface area contributed by atoms with Crippen LogP contribution < -0.4 is 0 Å². The SMILES string of the molecule is CC(C)=CCC(O)[C@@]1(C)[C@@H]2[C@@H]3[C@H](C(C)=CC[C@@H]21)[C@@H](O)[C@H](O)[C@@]31CO1. The number of ether oxygens (including phenoxy) is 1. The van der Waals surface area contributed by atoms with Crippen LogP contribution in [0, 0.1) is 29.1 Å². The van der Waals surface area contributed by atoms with Crippen LogP contribution in [0.3, 0.4) is 0 Å². The number of hydrogen-bond donors (Lipinski definition) is 3. The molecule has 9 atom stereocenters. The van der Waals surface area contributed by atoms with E-state index in [0.29, 0.717) is 24.9 Å². The van der Waals surface area contributed by atoms with E-state index in [1.54, 1.807) is 0 Å². The molecular weight excluding hydrogens is 304 g/mol. The van der Waals surface area contributed by atoms with Crippen LogP contribution in [0.2, 0.25) is 0 Å². The van der Waals surface area contributed by atoms with Gasteiger partial charge in [0.05, 0.1) is 18.8 Å². The maximum absolute atomic E-state index is 10.9. The lowest BCUT2D eigenvalue weighted by Gasteiger charge is -2.28. The molecule has 0 amide bonds. The van der Waals surface area contributed by atoms with Crippen LogP contribution in [0.4, 0.5) is 0 Å². The van der Waals surface area contributed by atoms with Gasteiger partial charge in [-0.15, -0.1) is 0 Å². The molecule has 0 aromatic heterocycles. The zero-order chi connectivity index (χ0) is 17.4. The molecule has 3 N–H and O–H groups in total. The van der Waals surface area contributed by atoms with E-state index in [1.165, 1.54) is 11.1 Å². The molecule has 0 bridgehead atoms. The predicted octanol–water partition coefficient (Wildman–Crippen LogP) is 2.04. The molecule has 0 radical (unpaired) electrons. The maximum Gasteiger partial charge on any atom is 0.124 e. The molecule has 1 spiro atoms. The Bertz CT molecular complexity index is 601. The zero-order valence-corrected chi connectivity index (χ0v) is 15.1. The number of epoxide rings is 1. The van der Waals surface area contributed by atoms with Crippen molar-refractivity contribution in [3.8, 4) is 0 Å². The monoisotopic (exact) mass is 334 g/mol. The maximum atomic E-state index is 10.9. The fourth-order valence-electron chi connectivity index (χ4n) is 5.94. The number of aliphatic hydroxyl groups is 3. The first-order valence-electron chi connectivity index (χ1n) is 9.23. The summed E-state index contributed by atoms with van der Waals surface area (Å²) in [6.07, 6.45) is 3.99. The van der Waals surface area contributed by atoms with E-state index in [9.17, 15) is 15.3 Å². The third-order valence-corrected chi connectivity index (χ3v) is 7.54. The zero-order valence-electron chi connectivity index (χ0n) is 15.1. The van der Waals surface area contributed by atoms with Gasteiger partial charge >= 0.3 is 0 Å². The molecule has 4 rings (SSSR count). The molecular formula is C20H30O4. The van der Waals surface area contributed by atoms with E-state index < -0.39 is 17.8 Å². The van der Waals surface area contributed by atoms with Crippen molar-refractivity contribution in [1.82, 2.24) is 0 Å². The average molecular weight is 334 g/mol. The first-order chi connectivity index (χ1) is 11.2. The van der Waals surface area contributed by atoms with E-state index in [2.05, 4.69) is 39.8 Å². The van der Waals surface area contributed by atoms with Crippen LogP contribution in [-0.4, -0.2) is 45.8 Å². The summed E-state index contributed by atoms with van der Waals surface area (Å²) in [7, 11) is 0. The Labute approximate surface area is 144 Å². The summed E-state index contributed by atoms with van der Waals surface area (Å²) >= 11 is 0. The highest BCUT2D eigenvalue weighted by Crippen LogP contribution is 2.74. The van der Waals surface area contributed by atoms with Crippen LogP contribution in [-0.2, 0) is 4.74 Å². The molecule has 4 heteroatoms. The Hall–Kier alpha value is -0.680. The van der Waals surface area contributed by atoms with E-state index in [0.717, 1.165) is 6.42 Å². The lowest BCUT2D eigenvalue weighted by atomic mass is 9.77. The smallest absolute Gasteiger partial charge is 0.124 e. The van der Waals surface area contributed by atoms with Gasteiger partial charge in [0, 0.05) is 17.3 Å². The Morgan fingerprint density at radius 2 is 2.04 bits per heavy atom. The summed E-state index contributed by atoms with van der Waals surface area (Å²) in [5.74, 6) is 0.764. The van der Waals surface area contributed by atoms with E-state index in [4.69, 9.17) is 4.74 Å². The first-order valence-corrected chi connectivity index (χ1v) is 9.23. The second-order valence-corrected chi connectivity index (χ2v) is 8.95. The van der Waals surface area contributed by atoms with Gasteiger partial charge in [-0.05, 0) is 45.4 Å². The summed E-state index contributed by atoms with van der Waals surface area (Å²) in [6, 6.07) is 0. The molecule has 134 valence electrons. The molecule has 1 unspecified atom stereocenters. The quantitative estimate of drug-likeness (QED) is 0.545. The van der Waals surface area contributed by atoms with E-state index in [1.807, 2.05) is 0 Å². The van der Waals surface area contributed by atoms with Gasteiger partial charge in [0.25, 0.3) is 0 Å². The van der Waals surface area contributed by atoms with Crippen LogP contribution in [0.25, 0.3) is 0 Å². The summed E-state index contributed by atoms with van der Waals surface area (Å²) in [5.41, 5.74) is 1.66. The number of aliphatic hydroxyl groups excluding tert-OH is 3. The van der Waals surface area contributed by atoms with Crippen LogP contribution in [0.15, 0.2) is 23.3 Å². The van der Waals surface area contributed by atoms with Crippen LogP contribution in [0.5, 0.6) is 0 Å². The van der Waals surface area contributed by atoms with Crippen molar-refractivity contribution in [2.24, 2.45) is 29.1 Å². The largest absolute Gasteiger partial charge is 0.392 e. The second-order valence-electron chi connectivity index (χ2n) is 8.95. The Morgan fingerprint density at radius 3 is 2.62 bits per heavy atom. The molecule has 0 aromatic carbocycles. The van der Waals surface area contributed by atoms with Crippen LogP contribution in [0.1, 0.15) is 40.5 Å². The molecule has 1 aliphatic heterocycles. The summed E-state index contributed by atoms with van der Waals surface area (Å²) in [4.78, 5) is 0. The standard InChI is InChI=1S/C20H30O4/c1-10(2)5-8-13(21)19(4)12-7-6-11(3)14-16(15(12)19)20(9-24-20)18(23)17(14)22/h5-6,12-18,21-23H,7-9H2,1-4H3/t12-,13?,14-,15-,16-,17+,18-,19-,20+/m0/s1. The van der Waals surface area contributed by atoms with E-state index >= 15 is 0 Å². The van der Waals surface area contributed by atoms with E-state index in [-0.39, 0.29) is 23.4 Å². The van der Waals surface area contributed by atoms with Gasteiger partial charge in [0.15, 0.2) is 0 Å². The van der Waals surface area contributed by atoms with Gasteiger partial charge in [0.2, 0.25) is 0 Å². The lowest BCUT2D eigenvalue weighted by Crippen LogP contribution is -2.36. The minimum atomic E-state index is -0.811. The minimum Gasteiger partial charge on any atom is -0.392 e. The highest BCUT2D eigenvalue weighted by atomic mass is 16.6. The highest BCUT2D eigenvalue weighted by molar-refractivity contribution is 5.33. The van der Waals surface area contributed by atoms with Gasteiger partial charge in [-0.25, -0.2) is 0 Å². The van der Waals surface area contributed by atoms with Gasteiger partial charge in [-0.1, -0.05) is 30.2 Å². The Morgan fingerprint density at radius 1 is 1.38 bits per heavy atom. The second kappa shape index (κ2) is 5.16. The fraction of sp³-hybridized carbons (Fsp3) is 0.800. The third-order valence-electron chi connectivity index (χ3n) is 7.54. The molecule has 24 heavy (non-hydrogen) atoms. The van der Waals surface area contributed by atoms with Crippen molar-refractivity contribution >= 4 is 0 Å². The molecule has 4 aliphatic rings. The van der Waals surface area contributed by atoms with Gasteiger partial charge in [0.1, 0.15) is 11.7 Å². The number of rotatable bonds is 3. The predicted molar refractivity (Wildman–Crippen MR) is 91.2 cm³/mol. The molecule has 4 nitrogen and oxygen atoms in total. The molecule has 2 saturated carbocycles. The molecule has 3 fully saturated rings. The summed E-state index contributed by atoms with van der Waals surface area (Å²) < 4.78 is 5.75. The minimum absolute atomic E-state index is 0.0463. The fourth-order valence-corrected chi connectivity index (χ4v) is 5.94. The number of fused-ring (bicyclic) bond motifs is 4. The lowest BCUT2D eigenvalue weighted by molar-refractivity contribution is -0.00227. The van der Waals surface area contributed by atoms with Gasteiger partial charge in [-0.2, -0.15) is 0 Å². The van der Waals surface area contributed by atoms with Crippen molar-refractivity contribution in [1.29, 1.82) is 0 Å². The summed E-state index contributed by atoms with van der Waals surface area (Å²) in [6.45, 7) is 8.89. The molecule has 1 saturated heterocycles. The van der Waals surface area contributed by atoms with Crippen molar-refractivity contribution in [3.05, 3.63) is 23.3 Å². The third kappa shape index (κ3) is 2.00. The normalized spacial score (nSPS) is 52.9. The topological polar surface area (TPSA) is 73.2 Å². The van der Waals surface area contributed by atoms with Crippen molar-refractivity contribution in [2.45, 2.75) is 64.4 Å². The molecule has 1 heterocycles. The number of allylic oxidation sites excluding steroid dienone is 2. The Balaban J connectivity index is 1.67. The van der Waals surface area contributed by atoms with Gasteiger partial charge in [-0.3, -0.25) is 0 Å². The molecule has 3 aliphatic carbocycles. The van der Waals surface area contributed by atoms with Crippen molar-refractivity contribution < 1.29 is 20.1 Å². The number of hydrogen-bond acceptors (Lipinski definition) is 4. The Kier molecular flexibility index (Phi) is 3.61.